The largest absolute Gasteiger partial charge is 0.452 e. The van der Waals surface area contributed by atoms with E-state index < -0.39 is 18.5 Å². The topological polar surface area (TPSA) is 80.3 Å². The number of aromatic nitrogens is 1. The van der Waals surface area contributed by atoms with E-state index in [1.165, 1.54) is 6.20 Å². The third kappa shape index (κ3) is 4.20. The molecule has 114 valence electrons. The molecule has 0 unspecified atom stereocenters. The lowest BCUT2D eigenvalue weighted by atomic mass is 10.2. The van der Waals surface area contributed by atoms with Crippen LogP contribution >= 0.6 is 11.6 Å². The summed E-state index contributed by atoms with van der Waals surface area (Å²) in [5, 5.41) is 5.85. The first-order chi connectivity index (χ1) is 10.6. The SMILES string of the molecule is CNc1ccccc1C(=O)OCC(=O)Nc1ccc(Cl)cn1. The van der Waals surface area contributed by atoms with Gasteiger partial charge in [-0.25, -0.2) is 9.78 Å². The van der Waals surface area contributed by atoms with Crippen molar-refractivity contribution in [1.29, 1.82) is 0 Å². The second kappa shape index (κ2) is 7.42. The summed E-state index contributed by atoms with van der Waals surface area (Å²) in [6, 6.07) is 10.0. The molecule has 0 radical (unpaired) electrons. The molecule has 0 saturated heterocycles. The number of esters is 1. The molecule has 7 heteroatoms. The number of pyridine rings is 1. The van der Waals surface area contributed by atoms with Gasteiger partial charge in [-0.1, -0.05) is 23.7 Å². The Morgan fingerprint density at radius 1 is 1.23 bits per heavy atom. The molecule has 0 aliphatic carbocycles. The van der Waals surface area contributed by atoms with Gasteiger partial charge in [0.1, 0.15) is 5.82 Å². The number of para-hydroxylation sites is 1. The molecule has 0 aliphatic rings. The number of hydrogen-bond donors (Lipinski definition) is 2. The molecule has 1 aromatic carbocycles. The quantitative estimate of drug-likeness (QED) is 0.828. The summed E-state index contributed by atoms with van der Waals surface area (Å²) in [5.74, 6) is -0.727. The molecular formula is C15H14ClN3O3. The molecular weight excluding hydrogens is 306 g/mol. The van der Waals surface area contributed by atoms with Crippen LogP contribution in [-0.4, -0.2) is 30.5 Å². The monoisotopic (exact) mass is 319 g/mol. The minimum atomic E-state index is -0.579. The van der Waals surface area contributed by atoms with Crippen LogP contribution in [0.5, 0.6) is 0 Å². The number of carbonyl (C=O) groups is 2. The highest BCUT2D eigenvalue weighted by Crippen LogP contribution is 2.15. The molecule has 1 aromatic heterocycles. The van der Waals surface area contributed by atoms with E-state index in [4.69, 9.17) is 16.3 Å². The third-order valence-corrected chi connectivity index (χ3v) is 2.97. The number of nitrogens with zero attached hydrogens (tertiary/aromatic N) is 1. The van der Waals surface area contributed by atoms with E-state index >= 15 is 0 Å². The Labute approximate surface area is 132 Å². The van der Waals surface area contributed by atoms with E-state index in [0.717, 1.165) is 0 Å². The van der Waals surface area contributed by atoms with E-state index in [-0.39, 0.29) is 0 Å². The van der Waals surface area contributed by atoms with Gasteiger partial charge in [0.05, 0.1) is 10.6 Å². The standard InChI is InChI=1S/C15H14ClN3O3/c1-17-12-5-3-2-4-11(12)15(21)22-9-14(20)19-13-7-6-10(16)8-18-13/h2-8,17H,9H2,1H3,(H,18,19,20). The van der Waals surface area contributed by atoms with Crippen molar-refractivity contribution >= 4 is 35.0 Å². The van der Waals surface area contributed by atoms with Gasteiger partial charge in [0, 0.05) is 18.9 Å². The summed E-state index contributed by atoms with van der Waals surface area (Å²) >= 11 is 5.70. The number of amides is 1. The van der Waals surface area contributed by atoms with Gasteiger partial charge in [-0.2, -0.15) is 0 Å². The van der Waals surface area contributed by atoms with Crippen molar-refractivity contribution in [2.24, 2.45) is 0 Å². The Morgan fingerprint density at radius 3 is 2.68 bits per heavy atom. The summed E-state index contributed by atoms with van der Waals surface area (Å²) in [6.45, 7) is -0.402. The van der Waals surface area contributed by atoms with E-state index in [9.17, 15) is 9.59 Å². The third-order valence-electron chi connectivity index (χ3n) is 2.75. The summed E-state index contributed by atoms with van der Waals surface area (Å²) in [6.07, 6.45) is 1.41. The smallest absolute Gasteiger partial charge is 0.340 e. The predicted octanol–water partition coefficient (Wildman–Crippen LogP) is 2.57. The van der Waals surface area contributed by atoms with Crippen molar-refractivity contribution in [2.75, 3.05) is 24.3 Å². The van der Waals surface area contributed by atoms with Crippen molar-refractivity contribution in [3.63, 3.8) is 0 Å². The van der Waals surface area contributed by atoms with Crippen molar-refractivity contribution < 1.29 is 14.3 Å². The maximum absolute atomic E-state index is 12.0. The zero-order valence-corrected chi connectivity index (χ0v) is 12.6. The van der Waals surface area contributed by atoms with Crippen LogP contribution < -0.4 is 10.6 Å². The first kappa shape index (κ1) is 15.8. The molecule has 0 atom stereocenters. The zero-order chi connectivity index (χ0) is 15.9. The van der Waals surface area contributed by atoms with Crippen LogP contribution in [0.25, 0.3) is 0 Å². The van der Waals surface area contributed by atoms with Crippen molar-refractivity contribution in [3.8, 4) is 0 Å². The number of anilines is 2. The summed E-state index contributed by atoms with van der Waals surface area (Å²) < 4.78 is 4.98. The minimum Gasteiger partial charge on any atom is -0.452 e. The molecule has 2 N–H and O–H groups in total. The Kier molecular flexibility index (Phi) is 5.32. The number of hydrogen-bond acceptors (Lipinski definition) is 5. The van der Waals surface area contributed by atoms with E-state index in [2.05, 4.69) is 15.6 Å². The van der Waals surface area contributed by atoms with Gasteiger partial charge < -0.3 is 15.4 Å². The van der Waals surface area contributed by atoms with Crippen molar-refractivity contribution in [2.45, 2.75) is 0 Å². The summed E-state index contributed by atoms with van der Waals surface area (Å²) in [4.78, 5) is 27.6. The lowest BCUT2D eigenvalue weighted by Gasteiger charge is -2.09. The average molecular weight is 320 g/mol. The molecule has 0 saturated carbocycles. The number of carbonyl (C=O) groups excluding carboxylic acids is 2. The summed E-state index contributed by atoms with van der Waals surface area (Å²) in [7, 11) is 1.70. The van der Waals surface area contributed by atoms with Crippen LogP contribution in [-0.2, 0) is 9.53 Å². The van der Waals surface area contributed by atoms with Gasteiger partial charge in [-0.3, -0.25) is 4.79 Å². The van der Waals surface area contributed by atoms with Crippen LogP contribution in [0.3, 0.4) is 0 Å². The van der Waals surface area contributed by atoms with Gasteiger partial charge in [-0.05, 0) is 24.3 Å². The fourth-order valence-electron chi connectivity index (χ4n) is 1.72. The number of nitrogens with one attached hydrogen (secondary N) is 2. The second-order valence-corrected chi connectivity index (χ2v) is 4.72. The van der Waals surface area contributed by atoms with Crippen molar-refractivity contribution in [1.82, 2.24) is 4.98 Å². The highest BCUT2D eigenvalue weighted by atomic mass is 35.5. The molecule has 0 aliphatic heterocycles. The Morgan fingerprint density at radius 2 is 2.00 bits per heavy atom. The van der Waals surface area contributed by atoms with Crippen LogP contribution in [0.4, 0.5) is 11.5 Å². The minimum absolute atomic E-state index is 0.334. The maximum Gasteiger partial charge on any atom is 0.340 e. The molecule has 2 rings (SSSR count). The lowest BCUT2D eigenvalue weighted by molar-refractivity contribution is -0.119. The molecule has 2 aromatic rings. The molecule has 22 heavy (non-hydrogen) atoms. The number of halogens is 1. The Bertz CT molecular complexity index is 674. The van der Waals surface area contributed by atoms with Gasteiger partial charge >= 0.3 is 5.97 Å². The van der Waals surface area contributed by atoms with Gasteiger partial charge in [0.25, 0.3) is 5.91 Å². The van der Waals surface area contributed by atoms with Crippen LogP contribution in [0.1, 0.15) is 10.4 Å². The summed E-state index contributed by atoms with van der Waals surface area (Å²) in [5.41, 5.74) is 0.995. The second-order valence-electron chi connectivity index (χ2n) is 4.28. The number of ether oxygens (including phenoxy) is 1. The zero-order valence-electron chi connectivity index (χ0n) is 11.8. The molecule has 6 nitrogen and oxygen atoms in total. The molecule has 0 fully saturated rings. The van der Waals surface area contributed by atoms with Crippen LogP contribution in [0, 0.1) is 0 Å². The van der Waals surface area contributed by atoms with E-state index in [0.29, 0.717) is 22.1 Å². The van der Waals surface area contributed by atoms with Crippen LogP contribution in [0.15, 0.2) is 42.6 Å². The molecule has 1 heterocycles. The Hall–Kier alpha value is -2.60. The van der Waals surface area contributed by atoms with Crippen molar-refractivity contribution in [3.05, 3.63) is 53.2 Å². The number of rotatable bonds is 5. The lowest BCUT2D eigenvalue weighted by Crippen LogP contribution is -2.21. The first-order valence-electron chi connectivity index (χ1n) is 6.45. The normalized spacial score (nSPS) is 9.91. The average Bonchev–Trinajstić information content (AvgIpc) is 2.54. The highest BCUT2D eigenvalue weighted by Gasteiger charge is 2.13. The molecule has 0 bridgehead atoms. The van der Waals surface area contributed by atoms with E-state index in [1.807, 2.05) is 0 Å². The maximum atomic E-state index is 12.0. The van der Waals surface area contributed by atoms with Gasteiger partial charge in [0.2, 0.25) is 0 Å². The predicted molar refractivity (Wildman–Crippen MR) is 84.1 cm³/mol. The molecule has 1 amide bonds. The number of benzene rings is 1. The fraction of sp³-hybridized carbons (Fsp3) is 0.133. The van der Waals surface area contributed by atoms with Crippen LogP contribution in [0.2, 0.25) is 5.02 Å². The first-order valence-corrected chi connectivity index (χ1v) is 6.83. The van der Waals surface area contributed by atoms with Gasteiger partial charge in [0.15, 0.2) is 6.61 Å². The highest BCUT2D eigenvalue weighted by molar-refractivity contribution is 6.30. The fourth-order valence-corrected chi connectivity index (χ4v) is 1.83. The Balaban J connectivity index is 1.90. The molecule has 0 spiro atoms. The van der Waals surface area contributed by atoms with Gasteiger partial charge in [-0.15, -0.1) is 0 Å². The van der Waals surface area contributed by atoms with E-state index in [1.54, 1.807) is 43.4 Å².